The molecule has 1 unspecified atom stereocenters. The van der Waals surface area contributed by atoms with Gasteiger partial charge in [0.1, 0.15) is 48.4 Å². The fraction of sp³-hybridized carbons (Fsp3) is 0.721. The quantitative estimate of drug-likeness (QED) is 0.0275. The highest BCUT2D eigenvalue weighted by Crippen LogP contribution is 2.30. The van der Waals surface area contributed by atoms with E-state index in [1.165, 1.54) is 18.7 Å². The number of nitrogens with one attached hydrogen (secondary N) is 5. The number of aliphatic hydroxyl groups is 9. The van der Waals surface area contributed by atoms with E-state index in [1.807, 2.05) is 24.3 Å². The number of phenolic OH excluding ortho intramolecular Hbond substituents is 1. The lowest BCUT2D eigenvalue weighted by Crippen LogP contribution is -2.64. The van der Waals surface area contributed by atoms with Crippen LogP contribution >= 0.6 is 0 Å². The Balaban J connectivity index is 1.14. The standard InChI is InChI=1S/C61H98N6O26/c1-37-53(76)55(78)47(35-69)92-60(37)90-28-25-87-22-18-83-15-12-62-49(74)32-67(33-50(75)63-13-16-84-19-23-88-26-29-91-61-52(66-39(3)72)58(81)56(79)48(36-70)93-61)45(30-40-4-6-41(7-5-40)42-8-10-44(73)11-9-42)59(82)64-14-17-85-20-21-86-24-27-89-46-31-43(34-68)54(77)57(80)51(46)65-38(2)71/h4-11,37,43,45-48,51-58,60-61,68-70,73,76-81H,12-36H2,1-3H3,(H,62,74)(H,63,75)(H,64,82)(H,65,71)(H,66,72)/t37-,43-,45?,46-,47-,48-,51+,52-,53-,54+,55+,56+,57-,58-,60-,61-/m1/s1. The van der Waals surface area contributed by atoms with Crippen LogP contribution in [0, 0.1) is 11.8 Å². The van der Waals surface area contributed by atoms with E-state index in [0.29, 0.717) is 5.56 Å². The van der Waals surface area contributed by atoms with Gasteiger partial charge in [-0.2, -0.15) is 0 Å². The number of carbonyl (C=O) groups excluding carboxylic acids is 5. The zero-order chi connectivity index (χ0) is 67.7. The molecule has 2 aliphatic heterocycles. The second kappa shape index (κ2) is 43.0. The van der Waals surface area contributed by atoms with Crippen LogP contribution in [-0.4, -0.2) is 323 Å². The van der Waals surface area contributed by atoms with E-state index < -0.39 is 153 Å². The highest BCUT2D eigenvalue weighted by atomic mass is 16.7. The van der Waals surface area contributed by atoms with Crippen LogP contribution in [0.1, 0.15) is 32.8 Å². The van der Waals surface area contributed by atoms with E-state index in [1.54, 1.807) is 31.2 Å². The molecule has 5 rings (SSSR count). The molecule has 32 nitrogen and oxygen atoms in total. The maximum atomic E-state index is 14.4. The third-order valence-corrected chi connectivity index (χ3v) is 15.6. The van der Waals surface area contributed by atoms with E-state index in [0.717, 1.165) is 11.1 Å². The number of rotatable bonds is 44. The average Bonchev–Trinajstić information content (AvgIpc) is 0.860. The van der Waals surface area contributed by atoms with Crippen molar-refractivity contribution in [2.24, 2.45) is 11.8 Å². The van der Waals surface area contributed by atoms with E-state index in [-0.39, 0.29) is 144 Å². The number of benzene rings is 2. The van der Waals surface area contributed by atoms with Crippen LogP contribution in [0.15, 0.2) is 48.5 Å². The van der Waals surface area contributed by atoms with E-state index in [2.05, 4.69) is 26.6 Å². The summed E-state index contributed by atoms with van der Waals surface area (Å²) in [5.74, 6) is -3.60. The van der Waals surface area contributed by atoms with Crippen molar-refractivity contribution in [3.05, 3.63) is 54.1 Å². The number of carbonyl (C=O) groups is 5. The van der Waals surface area contributed by atoms with Gasteiger partial charge >= 0.3 is 0 Å². The fourth-order valence-corrected chi connectivity index (χ4v) is 10.5. The molecule has 2 heterocycles. The van der Waals surface area contributed by atoms with Gasteiger partial charge in [0.15, 0.2) is 12.6 Å². The molecule has 528 valence electrons. The van der Waals surface area contributed by atoms with Gasteiger partial charge < -0.3 is 130 Å². The Labute approximate surface area is 540 Å². The maximum absolute atomic E-state index is 14.4. The van der Waals surface area contributed by atoms with E-state index >= 15 is 0 Å². The van der Waals surface area contributed by atoms with Crippen molar-refractivity contribution in [2.45, 2.75) is 119 Å². The Hall–Kier alpha value is -5.25. The molecule has 16 atom stereocenters. The normalized spacial score (nSPS) is 26.7. The van der Waals surface area contributed by atoms with Crippen LogP contribution in [0.2, 0.25) is 0 Å². The molecule has 0 radical (unpaired) electrons. The van der Waals surface area contributed by atoms with Crippen LogP contribution in [0.25, 0.3) is 11.1 Å². The van der Waals surface area contributed by atoms with Crippen LogP contribution < -0.4 is 26.6 Å². The monoisotopic (exact) mass is 1330 g/mol. The largest absolute Gasteiger partial charge is 0.508 e. The first-order chi connectivity index (χ1) is 44.8. The molecule has 2 aromatic rings. The van der Waals surface area contributed by atoms with Gasteiger partial charge in [0.05, 0.1) is 156 Å². The van der Waals surface area contributed by atoms with Crippen molar-refractivity contribution in [3.63, 3.8) is 0 Å². The number of nitrogens with zero attached hydrogens (tertiary/aromatic N) is 1. The SMILES string of the molecule is CC(=O)N[C@@H]1[C@@H](O)[C@@H](O)[C@@H](CO)C[C@H]1OCCOCCOCCNC(=O)C(Cc1ccc(-c2ccc(O)cc2)cc1)N(CC(=O)NCCOCCOCCO[C@@H]1O[C@H](CO)[C@H](O)[C@H](O)[C@H]1C)CC(=O)NCCOCCOCCO[C@@H]1O[C@H](CO)[C@H](O)[C@H](O)[C@H]1NC(C)=O. The first-order valence-corrected chi connectivity index (χ1v) is 31.3. The number of hydrogen-bond acceptors (Lipinski definition) is 27. The lowest BCUT2D eigenvalue weighted by atomic mass is 9.79. The number of phenols is 1. The molecule has 3 fully saturated rings. The minimum absolute atomic E-state index is 0.0293. The highest BCUT2D eigenvalue weighted by Gasteiger charge is 2.47. The van der Waals surface area contributed by atoms with Crippen molar-refractivity contribution in [1.29, 1.82) is 0 Å². The van der Waals surface area contributed by atoms with Crippen molar-refractivity contribution >= 4 is 29.5 Å². The molecule has 0 aromatic heterocycles. The topological polar surface area (TPSA) is 453 Å². The number of ether oxygens (including phenoxy) is 11. The number of aromatic hydroxyl groups is 1. The number of hydrogen-bond donors (Lipinski definition) is 15. The Morgan fingerprint density at radius 1 is 0.505 bits per heavy atom. The third-order valence-electron chi connectivity index (χ3n) is 15.6. The molecule has 32 heteroatoms. The summed E-state index contributed by atoms with van der Waals surface area (Å²) < 4.78 is 62.2. The van der Waals surface area contributed by atoms with Gasteiger partial charge in [-0.3, -0.25) is 28.9 Å². The van der Waals surface area contributed by atoms with Gasteiger partial charge in [-0.05, 0) is 41.7 Å². The molecule has 5 amide bonds. The van der Waals surface area contributed by atoms with Crippen molar-refractivity contribution in [2.75, 3.05) is 152 Å². The van der Waals surface area contributed by atoms with Crippen LogP contribution in [-0.2, 0) is 82.5 Å². The van der Waals surface area contributed by atoms with Gasteiger partial charge in [0, 0.05) is 51.9 Å². The average molecular weight is 1330 g/mol. The number of amides is 5. The van der Waals surface area contributed by atoms with Crippen molar-refractivity contribution in [1.82, 2.24) is 31.5 Å². The van der Waals surface area contributed by atoms with Crippen LogP contribution in [0.4, 0.5) is 0 Å². The zero-order valence-corrected chi connectivity index (χ0v) is 53.0. The molecular formula is C61H98N6O26. The second-order valence-corrected chi connectivity index (χ2v) is 22.6. The highest BCUT2D eigenvalue weighted by molar-refractivity contribution is 5.86. The Kier molecular flexibility index (Phi) is 36.3. The molecule has 1 saturated carbocycles. The van der Waals surface area contributed by atoms with Crippen molar-refractivity contribution in [3.8, 4) is 16.9 Å². The lowest BCUT2D eigenvalue weighted by Gasteiger charge is -2.42. The van der Waals surface area contributed by atoms with Crippen LogP contribution in [0.3, 0.4) is 0 Å². The Bertz CT molecular complexity index is 2460. The first-order valence-electron chi connectivity index (χ1n) is 31.3. The summed E-state index contributed by atoms with van der Waals surface area (Å²) in [7, 11) is 0. The summed E-state index contributed by atoms with van der Waals surface area (Å²) in [4.78, 5) is 66.9. The molecule has 3 aliphatic rings. The fourth-order valence-electron chi connectivity index (χ4n) is 10.5. The zero-order valence-electron chi connectivity index (χ0n) is 53.0. The van der Waals surface area contributed by atoms with Gasteiger partial charge in [-0.15, -0.1) is 0 Å². The van der Waals surface area contributed by atoms with E-state index in [9.17, 15) is 75.0 Å². The summed E-state index contributed by atoms with van der Waals surface area (Å²) in [5, 5.41) is 114. The molecular weight excluding hydrogens is 1230 g/mol. The van der Waals surface area contributed by atoms with Gasteiger partial charge in [-0.25, -0.2) is 0 Å². The molecule has 93 heavy (non-hydrogen) atoms. The summed E-state index contributed by atoms with van der Waals surface area (Å²) >= 11 is 0. The predicted octanol–water partition coefficient (Wildman–Crippen LogP) is -5.60. The first kappa shape index (κ1) is 78.4. The van der Waals surface area contributed by atoms with Gasteiger partial charge in [-0.1, -0.05) is 43.3 Å². The number of aliphatic hydroxyl groups excluding tert-OH is 9. The molecule has 0 bridgehead atoms. The Morgan fingerprint density at radius 3 is 1.42 bits per heavy atom. The Morgan fingerprint density at radius 2 is 0.925 bits per heavy atom. The van der Waals surface area contributed by atoms with Crippen LogP contribution in [0.5, 0.6) is 5.75 Å². The maximum Gasteiger partial charge on any atom is 0.237 e. The molecule has 15 N–H and O–H groups in total. The molecule has 2 aromatic carbocycles. The molecule has 1 aliphatic carbocycles. The lowest BCUT2D eigenvalue weighted by molar-refractivity contribution is -0.284. The minimum Gasteiger partial charge on any atom is -0.508 e. The third kappa shape index (κ3) is 27.1. The molecule has 0 spiro atoms. The molecule has 2 saturated heterocycles. The summed E-state index contributed by atoms with van der Waals surface area (Å²) in [6.45, 7) is 3.41. The van der Waals surface area contributed by atoms with Gasteiger partial charge in [0.2, 0.25) is 29.5 Å². The summed E-state index contributed by atoms with van der Waals surface area (Å²) in [6, 6.07) is 10.9. The van der Waals surface area contributed by atoms with Gasteiger partial charge in [0.25, 0.3) is 0 Å². The van der Waals surface area contributed by atoms with Crippen molar-refractivity contribution < 1.29 is 127 Å². The summed E-state index contributed by atoms with van der Waals surface area (Å²) in [6.07, 6.45) is -12.6. The summed E-state index contributed by atoms with van der Waals surface area (Å²) in [5.41, 5.74) is 2.35. The second-order valence-electron chi connectivity index (χ2n) is 22.6. The minimum atomic E-state index is -1.47. The smallest absolute Gasteiger partial charge is 0.237 e. The van der Waals surface area contributed by atoms with E-state index in [4.69, 9.17) is 52.1 Å². The predicted molar refractivity (Wildman–Crippen MR) is 325 cm³/mol.